The van der Waals surface area contributed by atoms with Crippen molar-refractivity contribution < 1.29 is 17.4 Å². The van der Waals surface area contributed by atoms with Crippen molar-refractivity contribution in [2.45, 2.75) is 32.9 Å². The van der Waals surface area contributed by atoms with E-state index in [-0.39, 0.29) is 17.8 Å². The fraction of sp³-hybridized carbons (Fsp3) is 0.316. The lowest BCUT2D eigenvalue weighted by Crippen LogP contribution is -2.40. The van der Waals surface area contributed by atoms with Gasteiger partial charge in [0.15, 0.2) is 0 Å². The summed E-state index contributed by atoms with van der Waals surface area (Å²) < 4.78 is 28.0. The van der Waals surface area contributed by atoms with Crippen LogP contribution < -0.4 is 9.50 Å². The summed E-state index contributed by atoms with van der Waals surface area (Å²) in [7, 11) is -3.56. The van der Waals surface area contributed by atoms with Gasteiger partial charge in [0, 0.05) is 17.1 Å². The molecule has 0 saturated carbocycles. The first-order chi connectivity index (χ1) is 12.7. The molecule has 0 spiro atoms. The Labute approximate surface area is 168 Å². The molecule has 0 radical (unpaired) electrons. The highest BCUT2D eigenvalue weighted by Gasteiger charge is 2.20. The summed E-state index contributed by atoms with van der Waals surface area (Å²) in [6.45, 7) is 4.40. The van der Waals surface area contributed by atoms with Gasteiger partial charge in [-0.2, -0.15) is 8.42 Å². The van der Waals surface area contributed by atoms with Crippen LogP contribution in [-0.2, 0) is 16.7 Å². The van der Waals surface area contributed by atoms with Crippen molar-refractivity contribution in [3.05, 3.63) is 58.6 Å². The fourth-order valence-electron chi connectivity index (χ4n) is 2.42. The van der Waals surface area contributed by atoms with Gasteiger partial charge in [0.1, 0.15) is 5.75 Å². The molecule has 0 aromatic heterocycles. The average molecular weight is 455 g/mol. The zero-order valence-corrected chi connectivity index (χ0v) is 17.9. The normalized spacial score (nSPS) is 12.3. The Morgan fingerprint density at radius 3 is 2.37 bits per heavy atom. The van der Waals surface area contributed by atoms with E-state index in [9.17, 15) is 13.2 Å². The minimum atomic E-state index is -3.56. The molecule has 0 heterocycles. The topological polar surface area (TPSA) is 75.7 Å². The van der Waals surface area contributed by atoms with Crippen molar-refractivity contribution in [1.82, 2.24) is 4.90 Å². The number of para-hydroxylation sites is 1. The van der Waals surface area contributed by atoms with Crippen molar-refractivity contribution in [2.75, 3.05) is 11.6 Å². The standard InChI is InChI=1S/C19H23BrN2O4S/c1-4-14(2)22(19(23)21-18-8-6-5-7-17(18)20)13-15-9-11-16(12-10-15)26-27(3,24)25/h5-12,14H,4,13H2,1-3H3,(H,21,23). The third-order valence-electron chi connectivity index (χ3n) is 4.02. The minimum Gasteiger partial charge on any atom is -0.383 e. The van der Waals surface area contributed by atoms with Crippen LogP contribution in [0.15, 0.2) is 53.0 Å². The summed E-state index contributed by atoms with van der Waals surface area (Å²) in [5.41, 5.74) is 1.58. The van der Waals surface area contributed by atoms with Crippen molar-refractivity contribution in [1.29, 1.82) is 0 Å². The van der Waals surface area contributed by atoms with Crippen LogP contribution in [-0.4, -0.2) is 31.6 Å². The number of urea groups is 1. The molecule has 2 rings (SSSR count). The maximum absolute atomic E-state index is 12.8. The molecule has 2 aromatic carbocycles. The smallest absolute Gasteiger partial charge is 0.322 e. The molecule has 8 heteroatoms. The molecule has 0 fully saturated rings. The van der Waals surface area contributed by atoms with E-state index in [1.807, 2.05) is 38.1 Å². The second-order valence-electron chi connectivity index (χ2n) is 6.23. The van der Waals surface area contributed by atoms with Gasteiger partial charge in [0.05, 0.1) is 11.9 Å². The average Bonchev–Trinajstić information content (AvgIpc) is 2.61. The molecule has 2 aromatic rings. The summed E-state index contributed by atoms with van der Waals surface area (Å²) in [6, 6.07) is 13.9. The number of hydrogen-bond acceptors (Lipinski definition) is 4. The van der Waals surface area contributed by atoms with Crippen LogP contribution in [0, 0.1) is 0 Å². The molecule has 1 unspecified atom stereocenters. The second-order valence-corrected chi connectivity index (χ2v) is 8.66. The molecular weight excluding hydrogens is 432 g/mol. The molecule has 146 valence electrons. The maximum Gasteiger partial charge on any atom is 0.322 e. The second kappa shape index (κ2) is 9.23. The molecule has 0 aliphatic heterocycles. The summed E-state index contributed by atoms with van der Waals surface area (Å²) in [4.78, 5) is 14.6. The van der Waals surface area contributed by atoms with Crippen LogP contribution in [0.3, 0.4) is 0 Å². The molecule has 0 bridgehead atoms. The van der Waals surface area contributed by atoms with Crippen molar-refractivity contribution >= 4 is 37.8 Å². The van der Waals surface area contributed by atoms with Gasteiger partial charge in [-0.1, -0.05) is 31.2 Å². The number of carbonyl (C=O) groups excluding carboxylic acids is 1. The van der Waals surface area contributed by atoms with E-state index in [0.717, 1.165) is 22.7 Å². The van der Waals surface area contributed by atoms with Crippen molar-refractivity contribution in [3.63, 3.8) is 0 Å². The third-order valence-corrected chi connectivity index (χ3v) is 5.21. The van der Waals surface area contributed by atoms with Crippen molar-refractivity contribution in [2.24, 2.45) is 0 Å². The van der Waals surface area contributed by atoms with E-state index in [1.165, 1.54) is 0 Å². The number of hydrogen-bond donors (Lipinski definition) is 1. The van der Waals surface area contributed by atoms with Crippen LogP contribution in [0.2, 0.25) is 0 Å². The molecule has 0 aliphatic carbocycles. The van der Waals surface area contributed by atoms with E-state index in [1.54, 1.807) is 29.2 Å². The Balaban J connectivity index is 2.14. The van der Waals surface area contributed by atoms with Gasteiger partial charge in [-0.05, 0) is 59.1 Å². The first kappa shape index (κ1) is 21.2. The van der Waals surface area contributed by atoms with Gasteiger partial charge < -0.3 is 14.4 Å². The molecule has 1 atom stereocenters. The summed E-state index contributed by atoms with van der Waals surface area (Å²) in [6.07, 6.45) is 1.80. The number of amides is 2. The highest BCUT2D eigenvalue weighted by atomic mass is 79.9. The number of halogens is 1. The summed E-state index contributed by atoms with van der Waals surface area (Å²) in [5.74, 6) is 0.244. The Bertz CT molecular complexity index is 885. The number of rotatable bonds is 7. The van der Waals surface area contributed by atoms with Crippen LogP contribution in [0.4, 0.5) is 10.5 Å². The number of carbonyl (C=O) groups is 1. The Morgan fingerprint density at radius 2 is 1.81 bits per heavy atom. The van der Waals surface area contributed by atoms with Crippen LogP contribution in [0.25, 0.3) is 0 Å². The van der Waals surface area contributed by atoms with Crippen LogP contribution in [0.5, 0.6) is 5.75 Å². The van der Waals surface area contributed by atoms with Crippen LogP contribution in [0.1, 0.15) is 25.8 Å². The molecule has 0 saturated heterocycles. The van der Waals surface area contributed by atoms with E-state index in [0.29, 0.717) is 12.2 Å². The largest absolute Gasteiger partial charge is 0.383 e. The molecule has 27 heavy (non-hydrogen) atoms. The predicted octanol–water partition coefficient (Wildman–Crippen LogP) is 4.62. The number of nitrogens with one attached hydrogen (secondary N) is 1. The first-order valence-corrected chi connectivity index (χ1v) is 11.1. The third kappa shape index (κ3) is 6.55. The molecule has 2 amide bonds. The van der Waals surface area contributed by atoms with E-state index < -0.39 is 10.1 Å². The predicted molar refractivity (Wildman–Crippen MR) is 110 cm³/mol. The fourth-order valence-corrected chi connectivity index (χ4v) is 3.26. The zero-order valence-electron chi connectivity index (χ0n) is 15.5. The number of anilines is 1. The van der Waals surface area contributed by atoms with Gasteiger partial charge in [-0.3, -0.25) is 0 Å². The van der Waals surface area contributed by atoms with Crippen molar-refractivity contribution in [3.8, 4) is 5.75 Å². The summed E-state index contributed by atoms with van der Waals surface area (Å²) >= 11 is 3.43. The quantitative estimate of drug-likeness (QED) is 0.619. The van der Waals surface area contributed by atoms with Gasteiger partial charge >= 0.3 is 16.1 Å². The van der Waals surface area contributed by atoms with Crippen LogP contribution >= 0.6 is 15.9 Å². The lowest BCUT2D eigenvalue weighted by atomic mass is 10.1. The summed E-state index contributed by atoms with van der Waals surface area (Å²) in [5, 5.41) is 2.92. The Kier molecular flexibility index (Phi) is 7.26. The zero-order chi connectivity index (χ0) is 20.0. The van der Waals surface area contributed by atoms with Gasteiger partial charge in [-0.15, -0.1) is 0 Å². The molecular formula is C19H23BrN2O4S. The minimum absolute atomic E-state index is 0.0273. The van der Waals surface area contributed by atoms with E-state index in [4.69, 9.17) is 4.18 Å². The Hall–Kier alpha value is -2.06. The SMILES string of the molecule is CCC(C)N(Cc1ccc(OS(C)(=O)=O)cc1)C(=O)Nc1ccccc1Br. The van der Waals surface area contributed by atoms with Gasteiger partial charge in [-0.25, -0.2) is 4.79 Å². The number of benzene rings is 2. The van der Waals surface area contributed by atoms with E-state index >= 15 is 0 Å². The molecule has 0 aliphatic rings. The van der Waals surface area contributed by atoms with Gasteiger partial charge in [0.2, 0.25) is 0 Å². The molecule has 1 N–H and O–H groups in total. The highest BCUT2D eigenvalue weighted by Crippen LogP contribution is 2.23. The van der Waals surface area contributed by atoms with Gasteiger partial charge in [0.25, 0.3) is 0 Å². The van der Waals surface area contributed by atoms with E-state index in [2.05, 4.69) is 21.2 Å². The molecule has 6 nitrogen and oxygen atoms in total. The maximum atomic E-state index is 12.8. The Morgan fingerprint density at radius 1 is 1.19 bits per heavy atom. The first-order valence-electron chi connectivity index (χ1n) is 8.50. The lowest BCUT2D eigenvalue weighted by molar-refractivity contribution is 0.187. The highest BCUT2D eigenvalue weighted by molar-refractivity contribution is 9.10. The lowest BCUT2D eigenvalue weighted by Gasteiger charge is -2.29. The monoisotopic (exact) mass is 454 g/mol. The number of nitrogens with zero attached hydrogens (tertiary/aromatic N) is 1.